The van der Waals surface area contributed by atoms with Gasteiger partial charge in [-0.05, 0) is 22.3 Å². The molecule has 131 valence electrons. The second-order valence-corrected chi connectivity index (χ2v) is 15.9. The first kappa shape index (κ1) is 18.1. The maximum atomic E-state index is 11.4. The second kappa shape index (κ2) is 6.58. The van der Waals surface area contributed by atoms with E-state index in [9.17, 15) is 4.79 Å². The standard InChI is InChI=1S/C21H27O2Si2/c1-14(22)23-13-21-19-11-15(24(2)3)7-9-17(19)18-10-8-16(12-20(18)21)25(4,5)6/h7-12,21H,13H2,1-6H3. The largest absolute Gasteiger partial charge is 0.465 e. The lowest BCUT2D eigenvalue weighted by Crippen LogP contribution is -2.37. The smallest absolute Gasteiger partial charge is 0.302 e. The molecular formula is C21H27O2Si2. The Bertz CT molecular complexity index is 819. The van der Waals surface area contributed by atoms with Crippen LogP contribution < -0.4 is 10.4 Å². The molecule has 0 spiro atoms. The maximum absolute atomic E-state index is 11.4. The molecule has 0 N–H and O–H groups in total. The molecule has 0 saturated carbocycles. The SMILES string of the molecule is CC(=O)OCC1c2cc([Si](C)C)ccc2-c2ccc([Si](C)(C)C)cc21. The van der Waals surface area contributed by atoms with Crippen molar-refractivity contribution < 1.29 is 9.53 Å². The van der Waals surface area contributed by atoms with E-state index in [-0.39, 0.29) is 11.9 Å². The molecule has 1 aliphatic rings. The number of hydrogen-bond donors (Lipinski definition) is 0. The molecule has 2 aromatic rings. The number of fused-ring (bicyclic) bond motifs is 3. The molecule has 4 heteroatoms. The Morgan fingerprint density at radius 1 is 1.04 bits per heavy atom. The molecule has 0 aromatic heterocycles. The first-order valence-corrected chi connectivity index (χ1v) is 14.9. The molecule has 3 rings (SSSR count). The van der Waals surface area contributed by atoms with Crippen LogP contribution in [0.15, 0.2) is 36.4 Å². The third-order valence-electron chi connectivity index (χ3n) is 5.04. The van der Waals surface area contributed by atoms with Gasteiger partial charge in [-0.1, -0.05) is 79.5 Å². The fourth-order valence-corrected chi connectivity index (χ4v) is 5.55. The van der Waals surface area contributed by atoms with Crippen LogP contribution in [-0.4, -0.2) is 29.4 Å². The van der Waals surface area contributed by atoms with E-state index in [1.807, 2.05) is 0 Å². The molecule has 0 fully saturated rings. The third kappa shape index (κ3) is 3.51. The van der Waals surface area contributed by atoms with Gasteiger partial charge in [0.1, 0.15) is 6.61 Å². The van der Waals surface area contributed by atoms with Gasteiger partial charge in [-0.2, -0.15) is 0 Å². The molecule has 25 heavy (non-hydrogen) atoms. The fourth-order valence-electron chi connectivity index (χ4n) is 3.52. The zero-order chi connectivity index (χ0) is 18.4. The number of esters is 1. The van der Waals surface area contributed by atoms with Crippen LogP contribution in [0.4, 0.5) is 0 Å². The lowest BCUT2D eigenvalue weighted by Gasteiger charge is -2.20. The van der Waals surface area contributed by atoms with E-state index in [1.54, 1.807) is 0 Å². The van der Waals surface area contributed by atoms with Gasteiger partial charge in [0.25, 0.3) is 0 Å². The quantitative estimate of drug-likeness (QED) is 0.606. The summed E-state index contributed by atoms with van der Waals surface area (Å²) in [5.41, 5.74) is 5.27. The fraction of sp³-hybridized carbons (Fsp3) is 0.381. The Hall–Kier alpha value is -1.66. The van der Waals surface area contributed by atoms with E-state index in [2.05, 4.69) is 69.1 Å². The van der Waals surface area contributed by atoms with Crippen molar-refractivity contribution in [1.82, 2.24) is 0 Å². The van der Waals surface area contributed by atoms with E-state index in [1.165, 1.54) is 39.6 Å². The lowest BCUT2D eigenvalue weighted by atomic mass is 9.98. The van der Waals surface area contributed by atoms with Gasteiger partial charge >= 0.3 is 5.97 Å². The average Bonchev–Trinajstić information content (AvgIpc) is 2.84. The summed E-state index contributed by atoms with van der Waals surface area (Å²) < 4.78 is 5.45. The van der Waals surface area contributed by atoms with Crippen molar-refractivity contribution in [2.45, 2.75) is 45.6 Å². The minimum Gasteiger partial charge on any atom is -0.465 e. The molecule has 0 heterocycles. The van der Waals surface area contributed by atoms with Gasteiger partial charge in [0.2, 0.25) is 0 Å². The van der Waals surface area contributed by atoms with Gasteiger partial charge in [0.05, 0.1) is 16.9 Å². The van der Waals surface area contributed by atoms with Crippen LogP contribution >= 0.6 is 0 Å². The molecule has 1 radical (unpaired) electrons. The molecule has 1 atom stereocenters. The minimum absolute atomic E-state index is 0.159. The molecule has 0 aliphatic heterocycles. The first-order valence-electron chi connectivity index (χ1n) is 8.91. The highest BCUT2D eigenvalue weighted by Gasteiger charge is 2.31. The number of carbonyl (C=O) groups excluding carboxylic acids is 1. The van der Waals surface area contributed by atoms with Crippen LogP contribution in [-0.2, 0) is 9.53 Å². The van der Waals surface area contributed by atoms with Crippen molar-refractivity contribution in [3.8, 4) is 11.1 Å². The summed E-state index contributed by atoms with van der Waals surface area (Å²) in [4.78, 5) is 11.4. The minimum atomic E-state index is -1.39. The number of hydrogen-bond acceptors (Lipinski definition) is 2. The van der Waals surface area contributed by atoms with Gasteiger partial charge in [-0.3, -0.25) is 4.79 Å². The van der Waals surface area contributed by atoms with Crippen molar-refractivity contribution in [3.05, 3.63) is 47.5 Å². The number of ether oxygens (including phenoxy) is 1. The zero-order valence-corrected chi connectivity index (χ0v) is 18.1. The predicted molar refractivity (Wildman–Crippen MR) is 110 cm³/mol. The van der Waals surface area contributed by atoms with Crippen molar-refractivity contribution in [2.75, 3.05) is 6.61 Å². The molecule has 1 aliphatic carbocycles. The van der Waals surface area contributed by atoms with Crippen molar-refractivity contribution >= 4 is 33.2 Å². The second-order valence-electron chi connectivity index (χ2n) is 8.21. The topological polar surface area (TPSA) is 26.3 Å². The first-order chi connectivity index (χ1) is 11.7. The van der Waals surface area contributed by atoms with Crippen LogP contribution in [0.25, 0.3) is 11.1 Å². The van der Waals surface area contributed by atoms with Crippen molar-refractivity contribution in [2.24, 2.45) is 0 Å². The van der Waals surface area contributed by atoms with E-state index >= 15 is 0 Å². The molecular weight excluding hydrogens is 340 g/mol. The summed E-state index contributed by atoms with van der Waals surface area (Å²) >= 11 is 0. The Morgan fingerprint density at radius 3 is 2.20 bits per heavy atom. The highest BCUT2D eigenvalue weighted by molar-refractivity contribution is 6.88. The number of carbonyl (C=O) groups is 1. The Kier molecular flexibility index (Phi) is 4.77. The van der Waals surface area contributed by atoms with Gasteiger partial charge in [0, 0.05) is 12.8 Å². The summed E-state index contributed by atoms with van der Waals surface area (Å²) in [6, 6.07) is 13.8. The van der Waals surface area contributed by atoms with E-state index < -0.39 is 16.9 Å². The highest BCUT2D eigenvalue weighted by atomic mass is 28.3. The Labute approximate surface area is 153 Å². The number of rotatable bonds is 4. The average molecular weight is 368 g/mol. The monoisotopic (exact) mass is 367 g/mol. The van der Waals surface area contributed by atoms with Gasteiger partial charge in [-0.15, -0.1) is 0 Å². The summed E-state index contributed by atoms with van der Waals surface area (Å²) in [5, 5.41) is 2.90. The lowest BCUT2D eigenvalue weighted by molar-refractivity contribution is -0.141. The van der Waals surface area contributed by atoms with Gasteiger partial charge < -0.3 is 4.74 Å². The van der Waals surface area contributed by atoms with Crippen LogP contribution in [0.5, 0.6) is 0 Å². The van der Waals surface area contributed by atoms with Gasteiger partial charge in [0.15, 0.2) is 0 Å². The Balaban J connectivity index is 2.13. The molecule has 2 nitrogen and oxygen atoms in total. The van der Waals surface area contributed by atoms with Crippen LogP contribution in [0.3, 0.4) is 0 Å². The predicted octanol–water partition coefficient (Wildman–Crippen LogP) is 3.87. The van der Waals surface area contributed by atoms with Crippen molar-refractivity contribution in [3.63, 3.8) is 0 Å². The number of benzene rings is 2. The van der Waals surface area contributed by atoms with E-state index in [0.29, 0.717) is 6.61 Å². The maximum Gasteiger partial charge on any atom is 0.302 e. The van der Waals surface area contributed by atoms with Crippen LogP contribution in [0.1, 0.15) is 24.0 Å². The molecule has 1 unspecified atom stereocenters. The summed E-state index contributed by atoms with van der Waals surface area (Å²) in [6.45, 7) is 13.7. The molecule has 2 aromatic carbocycles. The normalized spacial score (nSPS) is 15.9. The van der Waals surface area contributed by atoms with Crippen LogP contribution in [0.2, 0.25) is 32.7 Å². The highest BCUT2D eigenvalue weighted by Crippen LogP contribution is 2.44. The van der Waals surface area contributed by atoms with Gasteiger partial charge in [-0.25, -0.2) is 0 Å². The van der Waals surface area contributed by atoms with E-state index in [4.69, 9.17) is 4.74 Å². The molecule has 0 amide bonds. The molecule has 0 bridgehead atoms. The molecule has 0 saturated heterocycles. The summed E-state index contributed by atoms with van der Waals surface area (Å²) in [5.74, 6) is -0.0465. The van der Waals surface area contributed by atoms with Crippen molar-refractivity contribution in [1.29, 1.82) is 0 Å². The van der Waals surface area contributed by atoms with Crippen LogP contribution in [0, 0.1) is 0 Å². The third-order valence-corrected chi connectivity index (χ3v) is 8.55. The van der Waals surface area contributed by atoms with E-state index in [0.717, 1.165) is 0 Å². The zero-order valence-electron chi connectivity index (χ0n) is 16.1. The Morgan fingerprint density at radius 2 is 1.64 bits per heavy atom. The summed E-state index contributed by atoms with van der Waals surface area (Å²) in [6.07, 6.45) is 0. The summed E-state index contributed by atoms with van der Waals surface area (Å²) in [7, 11) is -1.89.